The number of nitrogens with one attached hydrogen (secondary N) is 2. The standard InChI is InChI=1S/C27H32N8O2S/c1-4-33(5-2)26(37)19-7-6-13-34(15-19)27-31-24(30-21-10-8-20(9-11-21)29-18(3)36)23-25(32-27)35(17-28-23)22-12-14-38-16-22/h8-12,14,16-17,19H,4-7,13,15H2,1-3H3,(H,29,36)(H,30,31,32). The number of anilines is 4. The normalized spacial score (nSPS) is 15.4. The second kappa shape index (κ2) is 11.2. The van der Waals surface area contributed by atoms with Crippen molar-refractivity contribution in [1.29, 1.82) is 0 Å². The minimum atomic E-state index is -0.119. The second-order valence-electron chi connectivity index (χ2n) is 9.32. The summed E-state index contributed by atoms with van der Waals surface area (Å²) in [7, 11) is 0. The fraction of sp³-hybridized carbons (Fsp3) is 0.370. The van der Waals surface area contributed by atoms with Crippen molar-refractivity contribution in [2.75, 3.05) is 41.7 Å². The third-order valence-corrected chi connectivity index (χ3v) is 7.44. The number of thiophene rings is 1. The summed E-state index contributed by atoms with van der Waals surface area (Å²) in [5, 5.41) is 10.3. The molecule has 1 aliphatic rings. The molecule has 38 heavy (non-hydrogen) atoms. The number of aromatic nitrogens is 4. The van der Waals surface area contributed by atoms with Gasteiger partial charge in [-0.15, -0.1) is 0 Å². The molecule has 10 nitrogen and oxygen atoms in total. The monoisotopic (exact) mass is 532 g/mol. The number of piperidine rings is 1. The van der Waals surface area contributed by atoms with E-state index in [2.05, 4.69) is 25.9 Å². The van der Waals surface area contributed by atoms with Gasteiger partial charge in [-0.1, -0.05) is 0 Å². The van der Waals surface area contributed by atoms with Crippen molar-refractivity contribution in [2.24, 2.45) is 5.92 Å². The lowest BCUT2D eigenvalue weighted by atomic mass is 9.96. The third kappa shape index (κ3) is 5.33. The minimum Gasteiger partial charge on any atom is -0.343 e. The molecule has 1 unspecified atom stereocenters. The number of carbonyl (C=O) groups excluding carboxylic acids is 2. The summed E-state index contributed by atoms with van der Waals surface area (Å²) in [5.74, 6) is 1.16. The zero-order chi connectivity index (χ0) is 26.6. The molecule has 0 spiro atoms. The van der Waals surface area contributed by atoms with Crippen LogP contribution in [0.2, 0.25) is 0 Å². The molecule has 0 radical (unpaired) electrons. The van der Waals surface area contributed by atoms with Crippen LogP contribution in [0.4, 0.5) is 23.1 Å². The number of hydrogen-bond acceptors (Lipinski definition) is 8. The van der Waals surface area contributed by atoms with Gasteiger partial charge in [-0.2, -0.15) is 21.3 Å². The molecule has 4 aromatic rings. The van der Waals surface area contributed by atoms with Crippen molar-refractivity contribution in [3.63, 3.8) is 0 Å². The van der Waals surface area contributed by atoms with Crippen LogP contribution < -0.4 is 15.5 Å². The van der Waals surface area contributed by atoms with E-state index in [1.54, 1.807) is 17.7 Å². The van der Waals surface area contributed by atoms with Crippen LogP contribution in [0.15, 0.2) is 47.4 Å². The van der Waals surface area contributed by atoms with E-state index in [-0.39, 0.29) is 17.7 Å². The number of amides is 2. The summed E-state index contributed by atoms with van der Waals surface area (Å²) in [6.45, 7) is 8.31. The van der Waals surface area contributed by atoms with Gasteiger partial charge in [0.2, 0.25) is 17.8 Å². The lowest BCUT2D eigenvalue weighted by molar-refractivity contribution is -0.135. The molecule has 3 aromatic heterocycles. The molecular weight excluding hydrogens is 500 g/mol. The first-order valence-electron chi connectivity index (χ1n) is 12.9. The quantitative estimate of drug-likeness (QED) is 0.340. The Hall–Kier alpha value is -3.99. The van der Waals surface area contributed by atoms with E-state index in [1.165, 1.54) is 6.92 Å². The summed E-state index contributed by atoms with van der Waals surface area (Å²) in [4.78, 5) is 43.0. The zero-order valence-corrected chi connectivity index (χ0v) is 22.7. The van der Waals surface area contributed by atoms with Crippen molar-refractivity contribution in [2.45, 2.75) is 33.6 Å². The van der Waals surface area contributed by atoms with Gasteiger partial charge in [0, 0.05) is 49.9 Å². The van der Waals surface area contributed by atoms with E-state index in [0.29, 0.717) is 42.6 Å². The highest BCUT2D eigenvalue weighted by Crippen LogP contribution is 2.30. The average molecular weight is 533 g/mol. The van der Waals surface area contributed by atoms with Gasteiger partial charge in [-0.25, -0.2) is 4.98 Å². The number of nitrogens with zero attached hydrogens (tertiary/aromatic N) is 6. The molecule has 11 heteroatoms. The van der Waals surface area contributed by atoms with Gasteiger partial charge in [0.05, 0.1) is 11.6 Å². The van der Waals surface area contributed by atoms with Crippen LogP contribution in [-0.4, -0.2) is 62.4 Å². The van der Waals surface area contributed by atoms with Crippen molar-refractivity contribution in [3.05, 3.63) is 47.4 Å². The molecule has 0 aliphatic carbocycles. The molecule has 0 saturated carbocycles. The first-order chi connectivity index (χ1) is 18.5. The summed E-state index contributed by atoms with van der Waals surface area (Å²) >= 11 is 1.61. The van der Waals surface area contributed by atoms with E-state index < -0.39 is 0 Å². The first kappa shape index (κ1) is 25.7. The smallest absolute Gasteiger partial charge is 0.229 e. The van der Waals surface area contributed by atoms with Crippen LogP contribution in [0.1, 0.15) is 33.6 Å². The van der Waals surface area contributed by atoms with Crippen LogP contribution >= 0.6 is 11.3 Å². The Balaban J connectivity index is 1.50. The Morgan fingerprint density at radius 3 is 2.55 bits per heavy atom. The van der Waals surface area contributed by atoms with Crippen LogP contribution in [0.25, 0.3) is 16.9 Å². The number of imidazole rings is 1. The van der Waals surface area contributed by atoms with Crippen molar-refractivity contribution >= 4 is 57.5 Å². The number of rotatable bonds is 8. The molecule has 5 rings (SSSR count). The summed E-state index contributed by atoms with van der Waals surface area (Å²) in [6, 6.07) is 9.46. The van der Waals surface area contributed by atoms with E-state index in [9.17, 15) is 9.59 Å². The first-order valence-corrected chi connectivity index (χ1v) is 13.9. The molecular formula is C27H32N8O2S. The average Bonchev–Trinajstić information content (AvgIpc) is 3.60. The Bertz CT molecular complexity index is 1410. The third-order valence-electron chi connectivity index (χ3n) is 6.77. The molecule has 1 aliphatic heterocycles. The van der Waals surface area contributed by atoms with Crippen LogP contribution in [0.3, 0.4) is 0 Å². The highest BCUT2D eigenvalue weighted by atomic mass is 32.1. The maximum absolute atomic E-state index is 13.1. The lowest BCUT2D eigenvalue weighted by Gasteiger charge is -2.34. The highest BCUT2D eigenvalue weighted by Gasteiger charge is 2.30. The Kier molecular flexibility index (Phi) is 7.54. The van der Waals surface area contributed by atoms with Gasteiger partial charge in [-0.05, 0) is 62.4 Å². The molecule has 198 valence electrons. The van der Waals surface area contributed by atoms with Crippen molar-refractivity contribution in [1.82, 2.24) is 24.4 Å². The molecule has 0 bridgehead atoms. The van der Waals surface area contributed by atoms with Crippen molar-refractivity contribution < 1.29 is 9.59 Å². The SMILES string of the molecule is CCN(CC)C(=O)C1CCCN(c2nc(Nc3ccc(NC(C)=O)cc3)c3ncn(-c4ccsc4)c3n2)C1. The fourth-order valence-electron chi connectivity index (χ4n) is 4.83. The molecule has 1 fully saturated rings. The number of hydrogen-bond donors (Lipinski definition) is 2. The molecule has 4 heterocycles. The second-order valence-corrected chi connectivity index (χ2v) is 10.1. The number of benzene rings is 1. The Morgan fingerprint density at radius 2 is 1.87 bits per heavy atom. The Labute approximate surface area is 225 Å². The summed E-state index contributed by atoms with van der Waals surface area (Å²) in [5.41, 5.74) is 3.86. The summed E-state index contributed by atoms with van der Waals surface area (Å²) < 4.78 is 1.96. The number of carbonyl (C=O) groups is 2. The van der Waals surface area contributed by atoms with E-state index >= 15 is 0 Å². The van der Waals surface area contributed by atoms with Gasteiger partial charge in [0.25, 0.3) is 0 Å². The highest BCUT2D eigenvalue weighted by molar-refractivity contribution is 7.08. The number of fused-ring (bicyclic) bond motifs is 1. The van der Waals surface area contributed by atoms with E-state index in [4.69, 9.17) is 9.97 Å². The van der Waals surface area contributed by atoms with Gasteiger partial charge in [0.1, 0.15) is 6.33 Å². The van der Waals surface area contributed by atoms with E-state index in [0.717, 1.165) is 36.4 Å². The van der Waals surface area contributed by atoms with Gasteiger partial charge >= 0.3 is 0 Å². The predicted molar refractivity (Wildman–Crippen MR) is 151 cm³/mol. The maximum Gasteiger partial charge on any atom is 0.229 e. The van der Waals surface area contributed by atoms with Crippen LogP contribution in [0, 0.1) is 5.92 Å². The van der Waals surface area contributed by atoms with Crippen molar-refractivity contribution in [3.8, 4) is 5.69 Å². The van der Waals surface area contributed by atoms with Gasteiger partial charge in [-0.3, -0.25) is 14.2 Å². The summed E-state index contributed by atoms with van der Waals surface area (Å²) in [6.07, 6.45) is 3.53. The van der Waals surface area contributed by atoms with Crippen LogP contribution in [0.5, 0.6) is 0 Å². The fourth-order valence-corrected chi connectivity index (χ4v) is 5.46. The maximum atomic E-state index is 13.1. The molecule has 2 N–H and O–H groups in total. The lowest BCUT2D eigenvalue weighted by Crippen LogP contribution is -2.45. The Morgan fingerprint density at radius 1 is 1.11 bits per heavy atom. The topological polar surface area (TPSA) is 108 Å². The minimum absolute atomic E-state index is 0.0811. The van der Waals surface area contributed by atoms with Gasteiger partial charge < -0.3 is 20.4 Å². The zero-order valence-electron chi connectivity index (χ0n) is 21.8. The molecule has 2 amide bonds. The molecule has 1 atom stereocenters. The van der Waals surface area contributed by atoms with Crippen LogP contribution in [-0.2, 0) is 9.59 Å². The molecule has 1 saturated heterocycles. The largest absolute Gasteiger partial charge is 0.343 e. The van der Waals surface area contributed by atoms with E-state index in [1.807, 2.05) is 59.0 Å². The van der Waals surface area contributed by atoms with Gasteiger partial charge in [0.15, 0.2) is 17.0 Å². The molecule has 1 aromatic carbocycles. The predicted octanol–water partition coefficient (Wildman–Crippen LogP) is 4.66.